The lowest BCUT2D eigenvalue weighted by Gasteiger charge is -2.09. The Morgan fingerprint density at radius 2 is 2.47 bits per heavy atom. The number of hydrogen-bond donors (Lipinski definition) is 2. The van der Waals surface area contributed by atoms with Crippen LogP contribution in [0.2, 0.25) is 0 Å². The van der Waals surface area contributed by atoms with Crippen LogP contribution in [0.25, 0.3) is 4.96 Å². The Morgan fingerprint density at radius 3 is 3.18 bits per heavy atom. The highest BCUT2D eigenvalue weighted by Crippen LogP contribution is 2.16. The number of amides is 1. The van der Waals surface area contributed by atoms with Crippen LogP contribution in [-0.4, -0.2) is 33.0 Å². The van der Waals surface area contributed by atoms with Gasteiger partial charge in [-0.25, -0.2) is 4.98 Å². The number of thiazole rings is 1. The van der Waals surface area contributed by atoms with Crippen LogP contribution in [0, 0.1) is 6.92 Å². The molecular weight excluding hydrogens is 238 g/mol. The summed E-state index contributed by atoms with van der Waals surface area (Å²) in [5.41, 5.74) is 1.87. The Bertz CT molecular complexity index is 532. The van der Waals surface area contributed by atoms with Crippen LogP contribution in [0.4, 0.5) is 0 Å². The van der Waals surface area contributed by atoms with E-state index >= 15 is 0 Å². The van der Waals surface area contributed by atoms with Crippen LogP contribution in [-0.2, 0) is 11.2 Å². The third-order valence-corrected chi connectivity index (χ3v) is 3.32. The van der Waals surface area contributed by atoms with Gasteiger partial charge in [0.25, 0.3) is 0 Å². The summed E-state index contributed by atoms with van der Waals surface area (Å²) in [7, 11) is 0. The highest BCUT2D eigenvalue weighted by molar-refractivity contribution is 7.15. The van der Waals surface area contributed by atoms with E-state index in [2.05, 4.69) is 10.3 Å². The van der Waals surface area contributed by atoms with Gasteiger partial charge in [-0.1, -0.05) is 0 Å². The normalized spacial score (nSPS) is 12.9. The maximum Gasteiger partial charge on any atom is 0.226 e. The van der Waals surface area contributed by atoms with E-state index in [1.807, 2.05) is 22.9 Å². The van der Waals surface area contributed by atoms with E-state index in [0.717, 1.165) is 16.3 Å². The van der Waals surface area contributed by atoms with Crippen molar-refractivity contribution in [3.8, 4) is 0 Å². The van der Waals surface area contributed by atoms with Gasteiger partial charge in [-0.3, -0.25) is 9.20 Å². The first-order valence-corrected chi connectivity index (χ1v) is 6.30. The van der Waals surface area contributed by atoms with E-state index in [9.17, 15) is 4.79 Å². The molecule has 0 aromatic carbocycles. The summed E-state index contributed by atoms with van der Waals surface area (Å²) in [5, 5.41) is 13.5. The molecule has 1 atom stereocenters. The molecule has 0 spiro atoms. The lowest BCUT2D eigenvalue weighted by Crippen LogP contribution is -2.36. The lowest BCUT2D eigenvalue weighted by atomic mass is 10.3. The number of nitrogens with zero attached hydrogens (tertiary/aromatic N) is 2. The Kier molecular flexibility index (Phi) is 3.44. The molecule has 0 saturated carbocycles. The van der Waals surface area contributed by atoms with Gasteiger partial charge in [0, 0.05) is 23.3 Å². The number of aliphatic hydroxyl groups excluding tert-OH is 1. The molecule has 1 amide bonds. The summed E-state index contributed by atoms with van der Waals surface area (Å²) in [5.74, 6) is -0.0856. The van der Waals surface area contributed by atoms with E-state index < -0.39 is 0 Å². The standard InChI is InChI=1S/C11H15N3O2S/c1-7-4-14-9(6-17-11(14)13-7)3-10(16)12-8(2)5-15/h4,6,8,15H,3,5H2,1-2H3,(H,12,16). The smallest absolute Gasteiger partial charge is 0.226 e. The Labute approximate surface area is 103 Å². The van der Waals surface area contributed by atoms with Crippen molar-refractivity contribution in [1.29, 1.82) is 0 Å². The number of nitrogens with one attached hydrogen (secondary N) is 1. The fourth-order valence-electron chi connectivity index (χ4n) is 1.60. The predicted molar refractivity (Wildman–Crippen MR) is 66.2 cm³/mol. The second kappa shape index (κ2) is 4.85. The van der Waals surface area contributed by atoms with Crippen LogP contribution in [0.1, 0.15) is 18.3 Å². The first kappa shape index (κ1) is 12.1. The molecular formula is C11H15N3O2S. The lowest BCUT2D eigenvalue weighted by molar-refractivity contribution is -0.121. The van der Waals surface area contributed by atoms with Crippen molar-refractivity contribution >= 4 is 22.2 Å². The summed E-state index contributed by atoms with van der Waals surface area (Å²) in [6.45, 7) is 3.65. The van der Waals surface area contributed by atoms with Crippen molar-refractivity contribution in [2.45, 2.75) is 26.3 Å². The molecule has 92 valence electrons. The van der Waals surface area contributed by atoms with Gasteiger partial charge in [0.2, 0.25) is 5.91 Å². The van der Waals surface area contributed by atoms with Crippen molar-refractivity contribution in [3.05, 3.63) is 23.0 Å². The average Bonchev–Trinajstić information content (AvgIpc) is 2.79. The highest BCUT2D eigenvalue weighted by Gasteiger charge is 2.11. The van der Waals surface area contributed by atoms with Crippen molar-refractivity contribution < 1.29 is 9.90 Å². The second-order valence-corrected chi connectivity index (χ2v) is 4.93. The van der Waals surface area contributed by atoms with Gasteiger partial charge in [-0.15, -0.1) is 11.3 Å². The molecule has 17 heavy (non-hydrogen) atoms. The SMILES string of the molecule is Cc1cn2c(CC(=O)NC(C)CO)csc2n1. The monoisotopic (exact) mass is 253 g/mol. The minimum atomic E-state index is -0.207. The molecule has 0 radical (unpaired) electrons. The molecule has 2 rings (SSSR count). The second-order valence-electron chi connectivity index (χ2n) is 4.09. The van der Waals surface area contributed by atoms with Gasteiger partial charge < -0.3 is 10.4 Å². The summed E-state index contributed by atoms with van der Waals surface area (Å²) >= 11 is 1.52. The number of aliphatic hydroxyl groups is 1. The maximum atomic E-state index is 11.7. The molecule has 2 heterocycles. The molecule has 2 aromatic rings. The fourth-order valence-corrected chi connectivity index (χ4v) is 2.52. The molecule has 2 N–H and O–H groups in total. The van der Waals surface area contributed by atoms with Gasteiger partial charge in [-0.2, -0.15) is 0 Å². The van der Waals surface area contributed by atoms with Gasteiger partial charge in [0.15, 0.2) is 4.96 Å². The van der Waals surface area contributed by atoms with Crippen LogP contribution >= 0.6 is 11.3 Å². The first-order valence-electron chi connectivity index (χ1n) is 5.42. The van der Waals surface area contributed by atoms with Gasteiger partial charge in [0.1, 0.15) is 0 Å². The van der Waals surface area contributed by atoms with Crippen LogP contribution in [0.3, 0.4) is 0 Å². The molecule has 0 aliphatic rings. The minimum absolute atomic E-state index is 0.0467. The number of aryl methyl sites for hydroxylation is 1. The van der Waals surface area contributed by atoms with Crippen LogP contribution < -0.4 is 5.32 Å². The zero-order valence-corrected chi connectivity index (χ0v) is 10.6. The molecule has 0 bridgehead atoms. The number of carbonyl (C=O) groups excluding carboxylic acids is 1. The Hall–Kier alpha value is -1.40. The van der Waals surface area contributed by atoms with Crippen molar-refractivity contribution in [3.63, 3.8) is 0 Å². The highest BCUT2D eigenvalue weighted by atomic mass is 32.1. The van der Waals surface area contributed by atoms with Gasteiger partial charge in [-0.05, 0) is 13.8 Å². The summed E-state index contributed by atoms with van der Waals surface area (Å²) in [6.07, 6.45) is 2.23. The molecule has 2 aromatic heterocycles. The minimum Gasteiger partial charge on any atom is -0.394 e. The molecule has 0 aliphatic carbocycles. The number of carbonyl (C=O) groups is 1. The Morgan fingerprint density at radius 1 is 1.71 bits per heavy atom. The van der Waals surface area contributed by atoms with Crippen molar-refractivity contribution in [2.24, 2.45) is 0 Å². The number of hydrogen-bond acceptors (Lipinski definition) is 4. The summed E-state index contributed by atoms with van der Waals surface area (Å²) in [6, 6.07) is -0.207. The van der Waals surface area contributed by atoms with Gasteiger partial charge >= 0.3 is 0 Å². The van der Waals surface area contributed by atoms with Crippen molar-refractivity contribution in [2.75, 3.05) is 6.61 Å². The average molecular weight is 253 g/mol. The van der Waals surface area contributed by atoms with E-state index in [1.54, 1.807) is 6.92 Å². The third-order valence-electron chi connectivity index (χ3n) is 2.43. The van der Waals surface area contributed by atoms with Crippen LogP contribution in [0.15, 0.2) is 11.6 Å². The number of imidazole rings is 1. The fraction of sp³-hybridized carbons (Fsp3) is 0.455. The van der Waals surface area contributed by atoms with Crippen molar-refractivity contribution in [1.82, 2.24) is 14.7 Å². The molecule has 0 fully saturated rings. The maximum absolute atomic E-state index is 11.7. The van der Waals surface area contributed by atoms with E-state index in [-0.39, 0.29) is 18.6 Å². The van der Waals surface area contributed by atoms with E-state index in [1.165, 1.54) is 11.3 Å². The summed E-state index contributed by atoms with van der Waals surface area (Å²) in [4.78, 5) is 16.9. The molecule has 0 aliphatic heterocycles. The largest absolute Gasteiger partial charge is 0.394 e. The molecule has 6 heteroatoms. The molecule has 1 unspecified atom stereocenters. The Balaban J connectivity index is 2.10. The van der Waals surface area contributed by atoms with E-state index in [4.69, 9.17) is 5.11 Å². The topological polar surface area (TPSA) is 66.6 Å². The first-order chi connectivity index (χ1) is 8.10. The summed E-state index contributed by atoms with van der Waals surface area (Å²) < 4.78 is 1.93. The molecule has 0 saturated heterocycles. The zero-order valence-electron chi connectivity index (χ0n) is 9.80. The number of aromatic nitrogens is 2. The quantitative estimate of drug-likeness (QED) is 0.844. The molecule has 5 nitrogen and oxygen atoms in total. The zero-order chi connectivity index (χ0) is 12.4. The van der Waals surface area contributed by atoms with Gasteiger partial charge in [0.05, 0.1) is 18.7 Å². The van der Waals surface area contributed by atoms with E-state index in [0.29, 0.717) is 6.42 Å². The number of rotatable bonds is 4. The number of fused-ring (bicyclic) bond motifs is 1. The predicted octanol–water partition coefficient (Wildman–Crippen LogP) is 0.744. The van der Waals surface area contributed by atoms with Crippen LogP contribution in [0.5, 0.6) is 0 Å². The third kappa shape index (κ3) is 2.65.